The van der Waals surface area contributed by atoms with Gasteiger partial charge in [-0.2, -0.15) is 0 Å². The monoisotopic (exact) mass is 198 g/mol. The van der Waals surface area contributed by atoms with Crippen LogP contribution in [0.3, 0.4) is 0 Å². The van der Waals surface area contributed by atoms with Crippen LogP contribution >= 0.6 is 0 Å². The van der Waals surface area contributed by atoms with Gasteiger partial charge in [0.2, 0.25) is 0 Å². The van der Waals surface area contributed by atoms with Gasteiger partial charge in [-0.05, 0) is 32.6 Å². The molecule has 14 heavy (non-hydrogen) atoms. The molecule has 1 rings (SSSR count). The minimum atomic E-state index is 0.130. The molecule has 82 valence electrons. The summed E-state index contributed by atoms with van der Waals surface area (Å²) in [5.41, 5.74) is 0. The van der Waals surface area contributed by atoms with Crippen molar-refractivity contribution in [2.24, 2.45) is 0 Å². The second kappa shape index (κ2) is 5.89. The Balaban J connectivity index is 2.48. The first-order valence-electron chi connectivity index (χ1n) is 5.84. The third-order valence-electron chi connectivity index (χ3n) is 2.84. The second-order valence-electron chi connectivity index (χ2n) is 3.97. The van der Waals surface area contributed by atoms with Crippen LogP contribution in [-0.2, 0) is 0 Å². The highest BCUT2D eigenvalue weighted by molar-refractivity contribution is 5.74. The lowest BCUT2D eigenvalue weighted by atomic mass is 9.99. The Bertz CT molecular complexity index is 180. The van der Waals surface area contributed by atoms with Crippen LogP contribution in [0.15, 0.2) is 0 Å². The Morgan fingerprint density at radius 1 is 1.43 bits per heavy atom. The molecule has 1 unspecified atom stereocenters. The van der Waals surface area contributed by atoms with Gasteiger partial charge in [0.15, 0.2) is 0 Å². The van der Waals surface area contributed by atoms with E-state index in [2.05, 4.69) is 12.2 Å². The summed E-state index contributed by atoms with van der Waals surface area (Å²) in [4.78, 5) is 13.7. The molecule has 1 heterocycles. The molecular formula is C11H22N2O. The van der Waals surface area contributed by atoms with Gasteiger partial charge in [-0.15, -0.1) is 0 Å². The van der Waals surface area contributed by atoms with Gasteiger partial charge >= 0.3 is 6.03 Å². The first kappa shape index (κ1) is 11.3. The van der Waals surface area contributed by atoms with Gasteiger partial charge in [0, 0.05) is 19.1 Å². The molecule has 1 atom stereocenters. The molecule has 0 aromatic rings. The Morgan fingerprint density at radius 2 is 2.21 bits per heavy atom. The highest BCUT2D eigenvalue weighted by Gasteiger charge is 2.25. The van der Waals surface area contributed by atoms with Crippen LogP contribution in [0.2, 0.25) is 0 Å². The third kappa shape index (κ3) is 2.89. The summed E-state index contributed by atoms with van der Waals surface area (Å²) in [6.45, 7) is 5.83. The third-order valence-corrected chi connectivity index (χ3v) is 2.84. The molecule has 1 aliphatic rings. The number of nitrogens with one attached hydrogen (secondary N) is 1. The molecular weight excluding hydrogens is 176 g/mol. The summed E-state index contributed by atoms with van der Waals surface area (Å²) in [6.07, 6.45) is 5.95. The smallest absolute Gasteiger partial charge is 0.317 e. The van der Waals surface area contributed by atoms with Crippen molar-refractivity contribution in [2.75, 3.05) is 13.1 Å². The normalized spacial score (nSPS) is 22.1. The van der Waals surface area contributed by atoms with Crippen molar-refractivity contribution < 1.29 is 4.79 Å². The zero-order chi connectivity index (χ0) is 10.4. The van der Waals surface area contributed by atoms with E-state index >= 15 is 0 Å². The van der Waals surface area contributed by atoms with E-state index < -0.39 is 0 Å². The van der Waals surface area contributed by atoms with E-state index in [0.717, 1.165) is 25.9 Å². The first-order valence-corrected chi connectivity index (χ1v) is 5.84. The van der Waals surface area contributed by atoms with Crippen LogP contribution in [-0.4, -0.2) is 30.1 Å². The van der Waals surface area contributed by atoms with Crippen molar-refractivity contribution in [3.05, 3.63) is 0 Å². The minimum Gasteiger partial charge on any atom is -0.338 e. The zero-order valence-corrected chi connectivity index (χ0v) is 9.38. The van der Waals surface area contributed by atoms with E-state index in [4.69, 9.17) is 0 Å². The average molecular weight is 198 g/mol. The molecule has 1 fully saturated rings. The maximum Gasteiger partial charge on any atom is 0.317 e. The number of nitrogens with zero attached hydrogens (tertiary/aromatic N) is 1. The predicted octanol–water partition coefficient (Wildman–Crippen LogP) is 2.37. The van der Waals surface area contributed by atoms with E-state index in [1.165, 1.54) is 19.3 Å². The van der Waals surface area contributed by atoms with Crippen LogP contribution in [0.1, 0.15) is 46.0 Å². The molecule has 0 aliphatic carbocycles. The summed E-state index contributed by atoms with van der Waals surface area (Å²) in [5, 5.41) is 2.89. The van der Waals surface area contributed by atoms with Crippen molar-refractivity contribution in [1.82, 2.24) is 10.2 Å². The number of piperidine rings is 1. The fourth-order valence-electron chi connectivity index (χ4n) is 2.15. The number of hydrogen-bond acceptors (Lipinski definition) is 1. The molecule has 2 amide bonds. The van der Waals surface area contributed by atoms with Gasteiger partial charge in [0.05, 0.1) is 0 Å². The second-order valence-corrected chi connectivity index (χ2v) is 3.97. The molecule has 0 spiro atoms. The quantitative estimate of drug-likeness (QED) is 0.742. The molecule has 1 aliphatic heterocycles. The highest BCUT2D eigenvalue weighted by Crippen LogP contribution is 2.20. The van der Waals surface area contributed by atoms with Gasteiger partial charge < -0.3 is 10.2 Å². The van der Waals surface area contributed by atoms with Crippen LogP contribution in [0.4, 0.5) is 4.79 Å². The number of urea groups is 1. The number of carbonyl (C=O) groups is 1. The topological polar surface area (TPSA) is 32.3 Å². The molecule has 3 nitrogen and oxygen atoms in total. The molecule has 0 aromatic carbocycles. The number of hydrogen-bond donors (Lipinski definition) is 1. The lowest BCUT2D eigenvalue weighted by molar-refractivity contribution is 0.146. The van der Waals surface area contributed by atoms with Gasteiger partial charge in [-0.25, -0.2) is 4.79 Å². The molecule has 3 heteroatoms. The number of amides is 2. The first-order chi connectivity index (χ1) is 6.79. The van der Waals surface area contributed by atoms with E-state index in [-0.39, 0.29) is 6.03 Å². The summed E-state index contributed by atoms with van der Waals surface area (Å²) >= 11 is 0. The highest BCUT2D eigenvalue weighted by atomic mass is 16.2. The predicted molar refractivity (Wildman–Crippen MR) is 58.3 cm³/mol. The van der Waals surface area contributed by atoms with Crippen LogP contribution in [0.5, 0.6) is 0 Å². The maximum absolute atomic E-state index is 11.7. The van der Waals surface area contributed by atoms with Crippen molar-refractivity contribution in [3.63, 3.8) is 0 Å². The minimum absolute atomic E-state index is 0.130. The summed E-state index contributed by atoms with van der Waals surface area (Å²) in [7, 11) is 0. The van der Waals surface area contributed by atoms with Gasteiger partial charge in [0.1, 0.15) is 0 Å². The van der Waals surface area contributed by atoms with Crippen LogP contribution < -0.4 is 5.32 Å². The molecule has 0 bridgehead atoms. The van der Waals surface area contributed by atoms with E-state index in [0.29, 0.717) is 6.04 Å². The fraction of sp³-hybridized carbons (Fsp3) is 0.909. The Kier molecular flexibility index (Phi) is 4.77. The number of likely N-dealkylation sites (tertiary alicyclic amines) is 1. The number of rotatable bonds is 3. The molecule has 0 saturated carbocycles. The average Bonchev–Trinajstić information content (AvgIpc) is 2.19. The SMILES string of the molecule is CCCC1CCCCN1C(=O)NCC. The lowest BCUT2D eigenvalue weighted by Crippen LogP contribution is -2.48. The van der Waals surface area contributed by atoms with Crippen LogP contribution in [0.25, 0.3) is 0 Å². The van der Waals surface area contributed by atoms with Crippen molar-refractivity contribution in [2.45, 2.75) is 52.0 Å². The standard InChI is InChI=1S/C11H22N2O/c1-3-7-10-8-5-6-9-13(10)11(14)12-4-2/h10H,3-9H2,1-2H3,(H,12,14). The molecule has 1 N–H and O–H groups in total. The summed E-state index contributed by atoms with van der Waals surface area (Å²) < 4.78 is 0. The Hall–Kier alpha value is -0.730. The van der Waals surface area contributed by atoms with Gasteiger partial charge in [-0.3, -0.25) is 0 Å². The van der Waals surface area contributed by atoms with Crippen molar-refractivity contribution >= 4 is 6.03 Å². The van der Waals surface area contributed by atoms with E-state index in [1.807, 2.05) is 11.8 Å². The van der Waals surface area contributed by atoms with E-state index in [1.54, 1.807) is 0 Å². The van der Waals surface area contributed by atoms with Crippen molar-refractivity contribution in [1.29, 1.82) is 0 Å². The van der Waals surface area contributed by atoms with Crippen molar-refractivity contribution in [3.8, 4) is 0 Å². The Morgan fingerprint density at radius 3 is 2.86 bits per heavy atom. The van der Waals surface area contributed by atoms with Gasteiger partial charge in [0.25, 0.3) is 0 Å². The largest absolute Gasteiger partial charge is 0.338 e. The lowest BCUT2D eigenvalue weighted by Gasteiger charge is -2.35. The fourth-order valence-corrected chi connectivity index (χ4v) is 2.15. The molecule has 0 aromatic heterocycles. The summed E-state index contributed by atoms with van der Waals surface area (Å²) in [6, 6.07) is 0.617. The zero-order valence-electron chi connectivity index (χ0n) is 9.38. The Labute approximate surface area is 86.9 Å². The van der Waals surface area contributed by atoms with E-state index in [9.17, 15) is 4.79 Å². The van der Waals surface area contributed by atoms with Gasteiger partial charge in [-0.1, -0.05) is 13.3 Å². The van der Waals surface area contributed by atoms with Crippen LogP contribution in [0, 0.1) is 0 Å². The molecule has 0 radical (unpaired) electrons. The number of carbonyl (C=O) groups excluding carboxylic acids is 1. The molecule has 1 saturated heterocycles. The summed E-state index contributed by atoms with van der Waals surface area (Å²) in [5.74, 6) is 0. The maximum atomic E-state index is 11.7.